The zero-order chi connectivity index (χ0) is 16.2. The Labute approximate surface area is 133 Å². The topological polar surface area (TPSA) is 112 Å². The molecule has 7 nitrogen and oxygen atoms in total. The van der Waals surface area contributed by atoms with Gasteiger partial charge in [-0.2, -0.15) is 4.31 Å². The van der Waals surface area contributed by atoms with E-state index in [1.54, 1.807) is 16.4 Å². The molecule has 1 aliphatic heterocycles. The van der Waals surface area contributed by atoms with Crippen molar-refractivity contribution >= 4 is 21.1 Å². The number of sulfonamides is 1. The zero-order valence-electron chi connectivity index (χ0n) is 12.7. The van der Waals surface area contributed by atoms with Crippen molar-refractivity contribution in [3.63, 3.8) is 0 Å². The van der Waals surface area contributed by atoms with Crippen molar-refractivity contribution < 1.29 is 8.42 Å². The van der Waals surface area contributed by atoms with Gasteiger partial charge in [0.05, 0.1) is 15.9 Å². The van der Waals surface area contributed by atoms with E-state index >= 15 is 0 Å². The monoisotopic (exact) mass is 336 g/mol. The third-order valence-electron chi connectivity index (χ3n) is 5.25. The lowest BCUT2D eigenvalue weighted by atomic mass is 9.78. The highest BCUT2D eigenvalue weighted by Gasteiger charge is 2.43. The zero-order valence-corrected chi connectivity index (χ0v) is 13.5. The van der Waals surface area contributed by atoms with Crippen LogP contribution in [-0.2, 0) is 10.0 Å². The molecular weight excluding hydrogens is 316 g/mol. The van der Waals surface area contributed by atoms with Gasteiger partial charge in [0.25, 0.3) is 0 Å². The van der Waals surface area contributed by atoms with Crippen LogP contribution in [0.5, 0.6) is 0 Å². The van der Waals surface area contributed by atoms with Crippen LogP contribution < -0.4 is 11.4 Å². The van der Waals surface area contributed by atoms with Gasteiger partial charge in [-0.1, -0.05) is 6.42 Å². The fraction of sp³-hybridized carbons (Fsp3) is 0.533. The van der Waals surface area contributed by atoms with Crippen molar-refractivity contribution in [2.24, 2.45) is 17.6 Å². The number of H-pyrrole nitrogens is 2. The van der Waals surface area contributed by atoms with E-state index in [2.05, 4.69) is 9.97 Å². The molecule has 23 heavy (non-hydrogen) atoms. The number of fused-ring (bicyclic) bond motifs is 2. The number of benzene rings is 1. The maximum absolute atomic E-state index is 12.9. The summed E-state index contributed by atoms with van der Waals surface area (Å²) in [4.78, 5) is 16.8. The minimum atomic E-state index is -3.56. The van der Waals surface area contributed by atoms with Gasteiger partial charge in [0.1, 0.15) is 0 Å². The third kappa shape index (κ3) is 2.41. The van der Waals surface area contributed by atoms with Crippen molar-refractivity contribution in [3.05, 3.63) is 28.7 Å². The standard InChI is InChI=1S/C15H20N4O3S/c16-12-3-1-2-9-7-19(8-11(9)12)23(21,22)10-4-5-13-14(6-10)18-15(20)17-13/h4-6,9,11-12H,1-3,7-8,16H2,(H2,17,18,20). The molecule has 124 valence electrons. The molecule has 2 aromatic rings. The number of imidazole rings is 1. The summed E-state index contributed by atoms with van der Waals surface area (Å²) < 4.78 is 27.4. The quantitative estimate of drug-likeness (QED) is 0.745. The van der Waals surface area contributed by atoms with E-state index < -0.39 is 10.0 Å². The molecule has 1 aromatic heterocycles. The van der Waals surface area contributed by atoms with E-state index in [1.165, 1.54) is 6.07 Å². The molecule has 8 heteroatoms. The summed E-state index contributed by atoms with van der Waals surface area (Å²) in [5, 5.41) is 0. The van der Waals surface area contributed by atoms with Crippen molar-refractivity contribution in [1.82, 2.24) is 14.3 Å². The first-order valence-electron chi connectivity index (χ1n) is 7.93. The van der Waals surface area contributed by atoms with Crippen LogP contribution in [0.2, 0.25) is 0 Å². The first-order valence-corrected chi connectivity index (χ1v) is 9.37. The van der Waals surface area contributed by atoms with Gasteiger partial charge >= 0.3 is 5.69 Å². The molecule has 3 unspecified atom stereocenters. The Balaban J connectivity index is 1.67. The Bertz CT molecular complexity index is 901. The molecule has 2 fully saturated rings. The van der Waals surface area contributed by atoms with Crippen LogP contribution in [0, 0.1) is 11.8 Å². The maximum atomic E-state index is 12.9. The van der Waals surface area contributed by atoms with Crippen LogP contribution in [0.15, 0.2) is 27.9 Å². The van der Waals surface area contributed by atoms with Gasteiger partial charge < -0.3 is 15.7 Å². The molecule has 1 saturated carbocycles. The van der Waals surface area contributed by atoms with Gasteiger partial charge in [0.2, 0.25) is 10.0 Å². The molecule has 0 radical (unpaired) electrons. The first kappa shape index (κ1) is 14.9. The normalized spacial score (nSPS) is 29.0. The van der Waals surface area contributed by atoms with Crippen LogP contribution in [0.4, 0.5) is 0 Å². The number of aromatic nitrogens is 2. The SMILES string of the molecule is NC1CCCC2CN(S(=O)(=O)c3ccc4[nH]c(=O)[nH]c4c3)CC12. The van der Waals surface area contributed by atoms with Crippen LogP contribution >= 0.6 is 0 Å². The molecule has 2 aliphatic rings. The molecule has 1 aliphatic carbocycles. The second-order valence-electron chi connectivity index (χ2n) is 6.63. The summed E-state index contributed by atoms with van der Waals surface area (Å²) in [6, 6.07) is 4.78. The van der Waals surface area contributed by atoms with Gasteiger partial charge in [-0.05, 0) is 42.9 Å². The van der Waals surface area contributed by atoms with E-state index in [4.69, 9.17) is 5.73 Å². The van der Waals surface area contributed by atoms with Gasteiger partial charge in [-0.3, -0.25) is 0 Å². The van der Waals surface area contributed by atoms with E-state index in [0.717, 1.165) is 19.3 Å². The molecule has 4 N–H and O–H groups in total. The lowest BCUT2D eigenvalue weighted by molar-refractivity contribution is 0.260. The lowest BCUT2D eigenvalue weighted by Gasteiger charge is -2.29. The summed E-state index contributed by atoms with van der Waals surface area (Å²) in [6.07, 6.45) is 3.10. The van der Waals surface area contributed by atoms with E-state index in [0.29, 0.717) is 30.0 Å². The van der Waals surface area contributed by atoms with Crippen LogP contribution in [-0.4, -0.2) is 41.8 Å². The van der Waals surface area contributed by atoms with E-state index in [1.807, 2.05) is 0 Å². The highest BCUT2D eigenvalue weighted by molar-refractivity contribution is 7.89. The number of hydrogen-bond donors (Lipinski definition) is 3. The van der Waals surface area contributed by atoms with E-state index in [9.17, 15) is 13.2 Å². The van der Waals surface area contributed by atoms with Crippen LogP contribution in [0.1, 0.15) is 19.3 Å². The largest absolute Gasteiger partial charge is 0.327 e. The molecule has 0 amide bonds. The second kappa shape index (κ2) is 5.19. The molecular formula is C15H20N4O3S. The first-order chi connectivity index (χ1) is 10.9. The van der Waals surface area contributed by atoms with Crippen molar-refractivity contribution in [2.45, 2.75) is 30.2 Å². The molecule has 0 spiro atoms. The molecule has 1 aromatic carbocycles. The molecule has 4 rings (SSSR count). The van der Waals surface area contributed by atoms with Crippen LogP contribution in [0.3, 0.4) is 0 Å². The second-order valence-corrected chi connectivity index (χ2v) is 8.57. The predicted octanol–water partition coefficient (Wildman–Crippen LogP) is 0.604. The van der Waals surface area contributed by atoms with Gasteiger partial charge in [0.15, 0.2) is 0 Å². The Kier molecular flexibility index (Phi) is 3.36. The predicted molar refractivity (Wildman–Crippen MR) is 86.5 cm³/mol. The smallest absolute Gasteiger partial charge is 0.323 e. The number of nitrogens with one attached hydrogen (secondary N) is 2. The minimum absolute atomic E-state index is 0.0949. The van der Waals surface area contributed by atoms with Crippen molar-refractivity contribution in [3.8, 4) is 0 Å². The molecule has 0 bridgehead atoms. The summed E-state index contributed by atoms with van der Waals surface area (Å²) in [5.41, 5.74) is 6.94. The highest BCUT2D eigenvalue weighted by Crippen LogP contribution is 2.37. The van der Waals surface area contributed by atoms with Crippen molar-refractivity contribution in [2.75, 3.05) is 13.1 Å². The third-order valence-corrected chi connectivity index (χ3v) is 7.07. The lowest BCUT2D eigenvalue weighted by Crippen LogP contribution is -2.38. The van der Waals surface area contributed by atoms with Gasteiger partial charge in [-0.15, -0.1) is 0 Å². The Hall–Kier alpha value is -1.64. The maximum Gasteiger partial charge on any atom is 0.323 e. The number of hydrogen-bond acceptors (Lipinski definition) is 4. The Morgan fingerprint density at radius 3 is 2.70 bits per heavy atom. The van der Waals surface area contributed by atoms with Gasteiger partial charge in [-0.25, -0.2) is 13.2 Å². The highest BCUT2D eigenvalue weighted by atomic mass is 32.2. The number of rotatable bonds is 2. The number of nitrogens with two attached hydrogens (primary N) is 1. The summed E-state index contributed by atoms with van der Waals surface area (Å²) in [5.74, 6) is 0.624. The molecule has 2 heterocycles. The van der Waals surface area contributed by atoms with E-state index in [-0.39, 0.29) is 22.5 Å². The average Bonchev–Trinajstić information content (AvgIpc) is 3.09. The molecule has 1 saturated heterocycles. The fourth-order valence-electron chi connectivity index (χ4n) is 3.99. The Morgan fingerprint density at radius 1 is 1.13 bits per heavy atom. The fourth-order valence-corrected chi connectivity index (χ4v) is 5.55. The minimum Gasteiger partial charge on any atom is -0.327 e. The van der Waals surface area contributed by atoms with Gasteiger partial charge in [0, 0.05) is 19.1 Å². The summed E-state index contributed by atoms with van der Waals surface area (Å²) >= 11 is 0. The summed E-state index contributed by atoms with van der Waals surface area (Å²) in [6.45, 7) is 1.04. The van der Waals surface area contributed by atoms with Crippen LogP contribution in [0.25, 0.3) is 11.0 Å². The number of nitrogens with zero attached hydrogens (tertiary/aromatic N) is 1. The number of aromatic amines is 2. The van der Waals surface area contributed by atoms with Crippen molar-refractivity contribution in [1.29, 1.82) is 0 Å². The average molecular weight is 336 g/mol. The molecule has 3 atom stereocenters. The summed E-state index contributed by atoms with van der Waals surface area (Å²) in [7, 11) is -3.56. The Morgan fingerprint density at radius 2 is 1.91 bits per heavy atom.